The number of amides is 1. The number of hydrogen-bond acceptors (Lipinski definition) is 5. The Morgan fingerprint density at radius 3 is 2.32 bits per heavy atom. The smallest absolute Gasteiger partial charge is 0.260 e. The standard InChI is InChI=1S/C25H23N3O3/c1-16(2)23-27-25(31-28-23)21-11-7-8-17(3)22(21)26-24(29)18-12-14-20(15-13-18)30-19-9-5-4-6-10-19/h4-16H,1-3H3,(H,26,29). The first-order valence-corrected chi connectivity index (χ1v) is 10.1. The molecule has 1 N–H and O–H groups in total. The number of hydrogen-bond donors (Lipinski definition) is 1. The number of aryl methyl sites for hydroxylation is 1. The van der Waals surface area contributed by atoms with E-state index < -0.39 is 0 Å². The van der Waals surface area contributed by atoms with Gasteiger partial charge in [0.05, 0.1) is 11.3 Å². The molecule has 0 saturated heterocycles. The van der Waals surface area contributed by atoms with Crippen LogP contribution in [0.5, 0.6) is 11.5 Å². The second kappa shape index (κ2) is 8.83. The quantitative estimate of drug-likeness (QED) is 0.406. The lowest BCUT2D eigenvalue weighted by Crippen LogP contribution is -2.13. The molecule has 0 fully saturated rings. The van der Waals surface area contributed by atoms with Crippen molar-refractivity contribution in [3.8, 4) is 23.0 Å². The fourth-order valence-electron chi connectivity index (χ4n) is 3.08. The third-order valence-corrected chi connectivity index (χ3v) is 4.80. The molecule has 1 aromatic heterocycles. The van der Waals surface area contributed by atoms with Gasteiger partial charge in [0.2, 0.25) is 0 Å². The molecule has 4 rings (SSSR count). The number of carbonyl (C=O) groups excluding carboxylic acids is 1. The van der Waals surface area contributed by atoms with E-state index in [4.69, 9.17) is 9.26 Å². The summed E-state index contributed by atoms with van der Waals surface area (Å²) in [5, 5.41) is 7.03. The highest BCUT2D eigenvalue weighted by Crippen LogP contribution is 2.31. The van der Waals surface area contributed by atoms with Gasteiger partial charge in [-0.05, 0) is 55.0 Å². The van der Waals surface area contributed by atoms with Gasteiger partial charge in [0.25, 0.3) is 11.8 Å². The Morgan fingerprint density at radius 2 is 1.65 bits per heavy atom. The highest BCUT2D eigenvalue weighted by molar-refractivity contribution is 6.06. The number of ether oxygens (including phenoxy) is 1. The molecule has 0 saturated carbocycles. The molecule has 0 radical (unpaired) electrons. The average Bonchev–Trinajstić information content (AvgIpc) is 3.27. The van der Waals surface area contributed by atoms with Crippen molar-refractivity contribution in [3.05, 3.63) is 89.7 Å². The Hall–Kier alpha value is -3.93. The van der Waals surface area contributed by atoms with Crippen LogP contribution in [0.15, 0.2) is 77.3 Å². The van der Waals surface area contributed by atoms with Crippen LogP contribution in [0.3, 0.4) is 0 Å². The molecule has 0 aliphatic rings. The monoisotopic (exact) mass is 413 g/mol. The molecule has 0 unspecified atom stereocenters. The summed E-state index contributed by atoms with van der Waals surface area (Å²) in [6.07, 6.45) is 0. The minimum atomic E-state index is -0.231. The molecule has 6 heteroatoms. The fourth-order valence-corrected chi connectivity index (χ4v) is 3.08. The van der Waals surface area contributed by atoms with Gasteiger partial charge >= 0.3 is 0 Å². The molecular weight excluding hydrogens is 390 g/mol. The molecule has 1 amide bonds. The van der Waals surface area contributed by atoms with Gasteiger partial charge in [0.15, 0.2) is 5.82 Å². The maximum Gasteiger partial charge on any atom is 0.260 e. The maximum absolute atomic E-state index is 12.9. The summed E-state index contributed by atoms with van der Waals surface area (Å²) in [4.78, 5) is 17.4. The summed E-state index contributed by atoms with van der Waals surface area (Å²) < 4.78 is 11.2. The lowest BCUT2D eigenvalue weighted by atomic mass is 10.1. The van der Waals surface area contributed by atoms with Crippen LogP contribution in [0.25, 0.3) is 11.5 Å². The summed E-state index contributed by atoms with van der Waals surface area (Å²) in [7, 11) is 0. The molecule has 0 bridgehead atoms. The van der Waals surface area contributed by atoms with Crippen LogP contribution in [0.1, 0.15) is 41.5 Å². The molecule has 3 aromatic carbocycles. The third-order valence-electron chi connectivity index (χ3n) is 4.80. The largest absolute Gasteiger partial charge is 0.457 e. The second-order valence-corrected chi connectivity index (χ2v) is 7.50. The lowest BCUT2D eigenvalue weighted by molar-refractivity contribution is 0.102. The Bertz CT molecular complexity index is 1180. The molecule has 0 atom stereocenters. The summed E-state index contributed by atoms with van der Waals surface area (Å²) in [5.41, 5.74) is 2.76. The van der Waals surface area contributed by atoms with Gasteiger partial charge in [-0.15, -0.1) is 0 Å². The van der Waals surface area contributed by atoms with Crippen LogP contribution in [-0.2, 0) is 0 Å². The van der Waals surface area contributed by atoms with E-state index in [0.717, 1.165) is 11.3 Å². The molecular formula is C25H23N3O3. The van der Waals surface area contributed by atoms with Crippen molar-refractivity contribution in [1.29, 1.82) is 0 Å². The van der Waals surface area contributed by atoms with Crippen molar-refractivity contribution in [1.82, 2.24) is 10.1 Å². The average molecular weight is 413 g/mol. The van der Waals surface area contributed by atoms with Crippen LogP contribution in [0.4, 0.5) is 5.69 Å². The zero-order chi connectivity index (χ0) is 21.8. The Balaban J connectivity index is 1.54. The first-order valence-electron chi connectivity index (χ1n) is 10.1. The predicted octanol–water partition coefficient (Wildman–Crippen LogP) is 6.21. The van der Waals surface area contributed by atoms with Gasteiger partial charge in [-0.2, -0.15) is 4.98 Å². The highest BCUT2D eigenvalue weighted by atomic mass is 16.5. The van der Waals surface area contributed by atoms with Crippen LogP contribution in [0, 0.1) is 6.92 Å². The van der Waals surface area contributed by atoms with Crippen molar-refractivity contribution < 1.29 is 14.1 Å². The van der Waals surface area contributed by atoms with Crippen molar-refractivity contribution >= 4 is 11.6 Å². The number of rotatable bonds is 6. The minimum absolute atomic E-state index is 0.150. The van der Waals surface area contributed by atoms with Crippen LogP contribution >= 0.6 is 0 Å². The molecule has 4 aromatic rings. The summed E-state index contributed by atoms with van der Waals surface area (Å²) >= 11 is 0. The van der Waals surface area contributed by atoms with Gasteiger partial charge in [-0.3, -0.25) is 4.79 Å². The minimum Gasteiger partial charge on any atom is -0.457 e. The van der Waals surface area contributed by atoms with E-state index in [2.05, 4.69) is 15.5 Å². The van der Waals surface area contributed by atoms with Gasteiger partial charge in [-0.25, -0.2) is 0 Å². The zero-order valence-electron chi connectivity index (χ0n) is 17.6. The van der Waals surface area contributed by atoms with E-state index in [-0.39, 0.29) is 11.8 Å². The van der Waals surface area contributed by atoms with E-state index in [1.807, 2.05) is 69.3 Å². The van der Waals surface area contributed by atoms with E-state index in [9.17, 15) is 4.79 Å². The number of nitrogens with one attached hydrogen (secondary N) is 1. The van der Waals surface area contributed by atoms with Crippen molar-refractivity contribution in [2.24, 2.45) is 0 Å². The van der Waals surface area contributed by atoms with E-state index in [0.29, 0.717) is 34.3 Å². The number of anilines is 1. The molecule has 31 heavy (non-hydrogen) atoms. The Labute approximate surface area is 180 Å². The summed E-state index contributed by atoms with van der Waals surface area (Å²) in [5.74, 6) is 2.33. The fraction of sp³-hybridized carbons (Fsp3) is 0.160. The van der Waals surface area contributed by atoms with Gasteiger partial charge in [0.1, 0.15) is 11.5 Å². The van der Waals surface area contributed by atoms with Crippen LogP contribution < -0.4 is 10.1 Å². The Kier molecular flexibility index (Phi) is 5.80. The van der Waals surface area contributed by atoms with Crippen molar-refractivity contribution in [2.45, 2.75) is 26.7 Å². The first-order chi connectivity index (χ1) is 15.0. The number of aromatic nitrogens is 2. The van der Waals surface area contributed by atoms with Crippen molar-refractivity contribution in [2.75, 3.05) is 5.32 Å². The maximum atomic E-state index is 12.9. The first kappa shape index (κ1) is 20.3. The molecule has 6 nitrogen and oxygen atoms in total. The summed E-state index contributed by atoms with van der Waals surface area (Å²) in [6.45, 7) is 5.92. The third kappa shape index (κ3) is 4.64. The topological polar surface area (TPSA) is 77.3 Å². The summed E-state index contributed by atoms with van der Waals surface area (Å²) in [6, 6.07) is 22.2. The Morgan fingerprint density at radius 1 is 0.935 bits per heavy atom. The zero-order valence-corrected chi connectivity index (χ0v) is 17.6. The van der Waals surface area contributed by atoms with Crippen molar-refractivity contribution in [3.63, 3.8) is 0 Å². The normalized spacial score (nSPS) is 10.8. The number of benzene rings is 3. The number of nitrogens with zero attached hydrogens (tertiary/aromatic N) is 2. The van der Waals surface area contributed by atoms with Crippen LogP contribution in [-0.4, -0.2) is 16.0 Å². The molecule has 1 heterocycles. The van der Waals surface area contributed by atoms with E-state index in [1.165, 1.54) is 0 Å². The van der Waals surface area contributed by atoms with Crippen LogP contribution in [0.2, 0.25) is 0 Å². The van der Waals surface area contributed by atoms with Gasteiger partial charge < -0.3 is 14.6 Å². The van der Waals surface area contributed by atoms with E-state index >= 15 is 0 Å². The second-order valence-electron chi connectivity index (χ2n) is 7.50. The molecule has 0 aliphatic heterocycles. The predicted molar refractivity (Wildman–Crippen MR) is 119 cm³/mol. The lowest BCUT2D eigenvalue weighted by Gasteiger charge is -2.12. The highest BCUT2D eigenvalue weighted by Gasteiger charge is 2.18. The number of carbonyl (C=O) groups is 1. The van der Waals surface area contributed by atoms with Gasteiger partial charge in [-0.1, -0.05) is 49.3 Å². The molecule has 0 spiro atoms. The molecule has 156 valence electrons. The molecule has 0 aliphatic carbocycles. The number of para-hydroxylation sites is 2. The van der Waals surface area contributed by atoms with E-state index in [1.54, 1.807) is 24.3 Å². The van der Waals surface area contributed by atoms with Gasteiger partial charge in [0, 0.05) is 11.5 Å². The SMILES string of the molecule is Cc1cccc(-c2nc(C(C)C)no2)c1NC(=O)c1ccc(Oc2ccccc2)cc1.